The fraction of sp³-hybridized carbons (Fsp3) is 0.900. The van der Waals surface area contributed by atoms with Gasteiger partial charge in [-0.05, 0) is 25.2 Å². The first-order chi connectivity index (χ1) is 5.79. The van der Waals surface area contributed by atoms with Crippen molar-refractivity contribution in [3.63, 3.8) is 0 Å². The predicted octanol–water partition coefficient (Wildman–Crippen LogP) is 1.80. The molecule has 2 fully saturated rings. The van der Waals surface area contributed by atoms with Gasteiger partial charge < -0.3 is 4.90 Å². The zero-order chi connectivity index (χ0) is 8.55. The molecule has 1 heterocycles. The fourth-order valence-electron chi connectivity index (χ4n) is 2.80. The van der Waals surface area contributed by atoms with Gasteiger partial charge in [0.2, 0.25) is 5.91 Å². The third-order valence-electron chi connectivity index (χ3n) is 3.41. The topological polar surface area (TPSA) is 20.3 Å². The van der Waals surface area contributed by atoms with E-state index in [2.05, 4.69) is 4.90 Å². The van der Waals surface area contributed by atoms with E-state index in [1.807, 2.05) is 0 Å². The van der Waals surface area contributed by atoms with E-state index in [0.29, 0.717) is 6.04 Å². The number of nitrogens with zero attached hydrogens (tertiary/aromatic N) is 1. The summed E-state index contributed by atoms with van der Waals surface area (Å²) in [4.78, 5) is 13.3. The minimum Gasteiger partial charge on any atom is -0.340 e. The number of carbonyl (C=O) groups is 1. The van der Waals surface area contributed by atoms with Gasteiger partial charge >= 0.3 is 0 Å². The summed E-state index contributed by atoms with van der Waals surface area (Å²) in [5, 5.41) is 0. The Hall–Kier alpha value is -0.530. The number of rotatable bonds is 0. The lowest BCUT2D eigenvalue weighted by Gasteiger charge is -2.30. The molecule has 12 heavy (non-hydrogen) atoms. The molecule has 68 valence electrons. The Morgan fingerprint density at radius 2 is 2.00 bits per heavy atom. The van der Waals surface area contributed by atoms with E-state index in [4.69, 9.17) is 0 Å². The van der Waals surface area contributed by atoms with Crippen LogP contribution in [-0.2, 0) is 4.79 Å². The van der Waals surface area contributed by atoms with Crippen LogP contribution >= 0.6 is 0 Å². The average Bonchev–Trinajstić information content (AvgIpc) is 2.47. The largest absolute Gasteiger partial charge is 0.340 e. The smallest absolute Gasteiger partial charge is 0.219 e. The Morgan fingerprint density at radius 1 is 1.25 bits per heavy atom. The van der Waals surface area contributed by atoms with Crippen LogP contribution in [0.25, 0.3) is 0 Å². The second-order valence-corrected chi connectivity index (χ2v) is 4.11. The highest BCUT2D eigenvalue weighted by Gasteiger charge is 2.36. The van der Waals surface area contributed by atoms with E-state index in [-0.39, 0.29) is 5.91 Å². The minimum absolute atomic E-state index is 0.282. The molecule has 0 bridgehead atoms. The molecule has 1 saturated heterocycles. The molecule has 2 atom stereocenters. The summed E-state index contributed by atoms with van der Waals surface area (Å²) in [6, 6.07) is 0.608. The molecule has 0 aromatic heterocycles. The van der Waals surface area contributed by atoms with Crippen molar-refractivity contribution >= 4 is 5.91 Å². The van der Waals surface area contributed by atoms with Crippen molar-refractivity contribution in [3.05, 3.63) is 0 Å². The molecule has 1 amide bonds. The van der Waals surface area contributed by atoms with Gasteiger partial charge in [-0.1, -0.05) is 12.8 Å². The van der Waals surface area contributed by atoms with Gasteiger partial charge in [-0.15, -0.1) is 0 Å². The second-order valence-electron chi connectivity index (χ2n) is 4.11. The maximum Gasteiger partial charge on any atom is 0.219 e. The summed E-state index contributed by atoms with van der Waals surface area (Å²) in [6.45, 7) is 2.72. The van der Waals surface area contributed by atoms with Crippen molar-refractivity contribution in [1.82, 2.24) is 4.90 Å². The van der Waals surface area contributed by atoms with Crippen LogP contribution in [-0.4, -0.2) is 23.4 Å². The van der Waals surface area contributed by atoms with Crippen molar-refractivity contribution in [2.75, 3.05) is 6.54 Å². The Bertz CT molecular complexity index is 190. The number of amides is 1. The Balaban J connectivity index is 2.05. The van der Waals surface area contributed by atoms with Crippen molar-refractivity contribution in [2.45, 2.75) is 45.1 Å². The fourth-order valence-corrected chi connectivity index (χ4v) is 2.80. The number of hydrogen-bond acceptors (Lipinski definition) is 1. The molecule has 1 saturated carbocycles. The molecular formula is C10H17NO. The second kappa shape index (κ2) is 3.08. The predicted molar refractivity (Wildman–Crippen MR) is 47.8 cm³/mol. The number of carbonyl (C=O) groups excluding carboxylic acids is 1. The Labute approximate surface area is 73.9 Å². The lowest BCUT2D eigenvalue weighted by atomic mass is 9.85. The molecule has 2 heteroatoms. The minimum atomic E-state index is 0.282. The van der Waals surface area contributed by atoms with E-state index in [0.717, 1.165) is 12.5 Å². The van der Waals surface area contributed by atoms with Crippen molar-refractivity contribution in [1.29, 1.82) is 0 Å². The van der Waals surface area contributed by atoms with Crippen LogP contribution in [0.15, 0.2) is 0 Å². The van der Waals surface area contributed by atoms with Crippen LogP contribution in [0, 0.1) is 5.92 Å². The van der Waals surface area contributed by atoms with Gasteiger partial charge in [0, 0.05) is 19.5 Å². The molecule has 1 aliphatic carbocycles. The standard InChI is InChI=1S/C10H17NO/c1-8(12)11-7-6-9-4-2-3-5-10(9)11/h9-10H,2-7H2,1H3/t9-,10-/m0/s1. The molecule has 2 rings (SSSR count). The monoisotopic (exact) mass is 167 g/mol. The summed E-state index contributed by atoms with van der Waals surface area (Å²) >= 11 is 0. The molecule has 1 aliphatic heterocycles. The van der Waals surface area contributed by atoms with Gasteiger partial charge in [0.25, 0.3) is 0 Å². The van der Waals surface area contributed by atoms with E-state index in [1.54, 1.807) is 6.92 Å². The first kappa shape index (κ1) is 8.09. The molecule has 0 N–H and O–H groups in total. The molecule has 2 aliphatic rings. The maximum absolute atomic E-state index is 11.2. The van der Waals surface area contributed by atoms with Crippen LogP contribution in [0.3, 0.4) is 0 Å². The third-order valence-corrected chi connectivity index (χ3v) is 3.41. The van der Waals surface area contributed by atoms with Crippen LogP contribution in [0.5, 0.6) is 0 Å². The lowest BCUT2D eigenvalue weighted by molar-refractivity contribution is -0.130. The van der Waals surface area contributed by atoms with Crippen molar-refractivity contribution in [3.8, 4) is 0 Å². The van der Waals surface area contributed by atoms with E-state index in [9.17, 15) is 4.79 Å². The molecule has 0 spiro atoms. The summed E-state index contributed by atoms with van der Waals surface area (Å²) in [5.41, 5.74) is 0. The van der Waals surface area contributed by atoms with E-state index >= 15 is 0 Å². The number of likely N-dealkylation sites (tertiary alicyclic amines) is 1. The number of hydrogen-bond donors (Lipinski definition) is 0. The van der Waals surface area contributed by atoms with E-state index < -0.39 is 0 Å². The average molecular weight is 167 g/mol. The van der Waals surface area contributed by atoms with Gasteiger partial charge in [-0.3, -0.25) is 4.79 Å². The normalized spacial score (nSPS) is 34.9. The molecule has 0 unspecified atom stereocenters. The quantitative estimate of drug-likeness (QED) is 0.538. The van der Waals surface area contributed by atoms with Gasteiger partial charge in [-0.25, -0.2) is 0 Å². The lowest BCUT2D eigenvalue weighted by Crippen LogP contribution is -2.37. The van der Waals surface area contributed by atoms with Crippen LogP contribution in [0.2, 0.25) is 0 Å². The first-order valence-corrected chi connectivity index (χ1v) is 5.06. The van der Waals surface area contributed by atoms with E-state index in [1.165, 1.54) is 32.1 Å². The van der Waals surface area contributed by atoms with Gasteiger partial charge in [0.05, 0.1) is 0 Å². The molecule has 0 aromatic rings. The highest BCUT2D eigenvalue weighted by Crippen LogP contribution is 2.35. The van der Waals surface area contributed by atoms with Gasteiger partial charge in [0.1, 0.15) is 0 Å². The SMILES string of the molecule is CC(=O)N1CC[C@@H]2CCCC[C@@H]21. The Kier molecular flexibility index (Phi) is 2.07. The zero-order valence-corrected chi connectivity index (χ0v) is 7.75. The summed E-state index contributed by atoms with van der Waals surface area (Å²) < 4.78 is 0. The van der Waals surface area contributed by atoms with Gasteiger partial charge in [0.15, 0.2) is 0 Å². The first-order valence-electron chi connectivity index (χ1n) is 5.06. The summed E-state index contributed by atoms with van der Waals surface area (Å²) in [6.07, 6.45) is 6.57. The number of fused-ring (bicyclic) bond motifs is 1. The highest BCUT2D eigenvalue weighted by molar-refractivity contribution is 5.74. The summed E-state index contributed by atoms with van der Waals surface area (Å²) in [5.74, 6) is 1.12. The van der Waals surface area contributed by atoms with Gasteiger partial charge in [-0.2, -0.15) is 0 Å². The van der Waals surface area contributed by atoms with Crippen LogP contribution in [0.1, 0.15) is 39.0 Å². The molecular weight excluding hydrogens is 150 g/mol. The third kappa shape index (κ3) is 1.23. The summed E-state index contributed by atoms with van der Waals surface area (Å²) in [7, 11) is 0. The van der Waals surface area contributed by atoms with Crippen molar-refractivity contribution < 1.29 is 4.79 Å². The van der Waals surface area contributed by atoms with Crippen LogP contribution in [0.4, 0.5) is 0 Å². The van der Waals surface area contributed by atoms with Crippen LogP contribution < -0.4 is 0 Å². The molecule has 0 radical (unpaired) electrons. The molecule has 2 nitrogen and oxygen atoms in total. The highest BCUT2D eigenvalue weighted by atomic mass is 16.2. The maximum atomic E-state index is 11.2. The van der Waals surface area contributed by atoms with Crippen molar-refractivity contribution in [2.24, 2.45) is 5.92 Å². The Morgan fingerprint density at radius 3 is 2.75 bits per heavy atom. The molecule has 0 aromatic carbocycles. The zero-order valence-electron chi connectivity index (χ0n) is 7.75.